The first kappa shape index (κ1) is 12.2. The lowest BCUT2D eigenvalue weighted by molar-refractivity contribution is -0.0744. The fraction of sp³-hybridized carbons (Fsp3) is 0.222. The fourth-order valence-corrected chi connectivity index (χ4v) is 1.18. The Labute approximate surface area is 89.8 Å². The summed E-state index contributed by atoms with van der Waals surface area (Å²) in [5.41, 5.74) is 0.101. The third kappa shape index (κ3) is 2.56. The Morgan fingerprint density at radius 2 is 2.19 bits per heavy atom. The molecule has 0 aliphatic carbocycles. The molecule has 0 radical (unpaired) electrons. The maximum atomic E-state index is 12.2. The summed E-state index contributed by atoms with van der Waals surface area (Å²) >= 11 is 0. The Morgan fingerprint density at radius 1 is 1.50 bits per heavy atom. The molecule has 0 heterocycles. The molecule has 0 aliphatic heterocycles. The van der Waals surface area contributed by atoms with Crippen molar-refractivity contribution in [3.8, 4) is 5.75 Å². The SMILES string of the molecule is CCNc1cc(C(=NF)N(F)F)ccc1O. The van der Waals surface area contributed by atoms with Crippen molar-refractivity contribution in [2.45, 2.75) is 6.92 Å². The largest absolute Gasteiger partial charge is 0.506 e. The third-order valence-electron chi connectivity index (χ3n) is 1.86. The van der Waals surface area contributed by atoms with Gasteiger partial charge in [0.1, 0.15) is 5.75 Å². The van der Waals surface area contributed by atoms with Gasteiger partial charge in [-0.05, 0) is 30.5 Å². The maximum Gasteiger partial charge on any atom is 0.233 e. The summed E-state index contributed by atoms with van der Waals surface area (Å²) in [4.78, 5) is 0. The molecule has 16 heavy (non-hydrogen) atoms. The molecule has 1 aromatic carbocycles. The number of amidine groups is 1. The van der Waals surface area contributed by atoms with Gasteiger partial charge in [0, 0.05) is 12.1 Å². The van der Waals surface area contributed by atoms with E-state index in [0.717, 1.165) is 6.07 Å². The highest BCUT2D eigenvalue weighted by Crippen LogP contribution is 2.25. The molecule has 0 spiro atoms. The minimum Gasteiger partial charge on any atom is -0.506 e. The smallest absolute Gasteiger partial charge is 0.233 e. The van der Waals surface area contributed by atoms with Gasteiger partial charge in [0.05, 0.1) is 5.69 Å². The predicted molar refractivity (Wildman–Crippen MR) is 54.0 cm³/mol. The second-order valence-electron chi connectivity index (χ2n) is 2.90. The number of aromatic hydroxyl groups is 1. The average molecular weight is 233 g/mol. The normalized spacial score (nSPS) is 11.4. The molecule has 0 unspecified atom stereocenters. The molecular formula is C9H10F3N3O. The monoisotopic (exact) mass is 233 g/mol. The number of nitrogens with one attached hydrogen (secondary N) is 1. The fourth-order valence-electron chi connectivity index (χ4n) is 1.18. The number of hydrogen-bond donors (Lipinski definition) is 2. The van der Waals surface area contributed by atoms with E-state index in [2.05, 4.69) is 5.32 Å². The van der Waals surface area contributed by atoms with E-state index in [9.17, 15) is 18.6 Å². The van der Waals surface area contributed by atoms with Crippen molar-refractivity contribution in [2.24, 2.45) is 5.21 Å². The van der Waals surface area contributed by atoms with Crippen LogP contribution < -0.4 is 5.32 Å². The van der Waals surface area contributed by atoms with E-state index < -0.39 is 11.2 Å². The Balaban J connectivity index is 3.11. The Bertz CT molecular complexity index is 396. The van der Waals surface area contributed by atoms with Gasteiger partial charge in [-0.2, -0.15) is 0 Å². The van der Waals surface area contributed by atoms with Crippen LogP contribution in [0.4, 0.5) is 19.1 Å². The second-order valence-corrected chi connectivity index (χ2v) is 2.90. The summed E-state index contributed by atoms with van der Waals surface area (Å²) < 4.78 is 36.4. The van der Waals surface area contributed by atoms with Crippen LogP contribution in [0.25, 0.3) is 0 Å². The Morgan fingerprint density at radius 3 is 2.69 bits per heavy atom. The summed E-state index contributed by atoms with van der Waals surface area (Å²) in [7, 11) is 0. The first-order chi connectivity index (χ1) is 7.60. The average Bonchev–Trinajstić information content (AvgIpc) is 2.23. The topological polar surface area (TPSA) is 47.9 Å². The van der Waals surface area contributed by atoms with Gasteiger partial charge in [0.25, 0.3) is 0 Å². The van der Waals surface area contributed by atoms with E-state index in [1.165, 1.54) is 12.1 Å². The van der Waals surface area contributed by atoms with Crippen molar-refractivity contribution in [2.75, 3.05) is 11.9 Å². The van der Waals surface area contributed by atoms with Gasteiger partial charge in [-0.3, -0.25) is 0 Å². The summed E-state index contributed by atoms with van der Waals surface area (Å²) in [6, 6.07) is 3.51. The van der Waals surface area contributed by atoms with Crippen LogP contribution in [0.5, 0.6) is 5.75 Å². The van der Waals surface area contributed by atoms with Crippen LogP contribution in [0.2, 0.25) is 0 Å². The van der Waals surface area contributed by atoms with Crippen LogP contribution in [0.3, 0.4) is 0 Å². The summed E-state index contributed by atoms with van der Waals surface area (Å²) in [6.45, 7) is 2.26. The van der Waals surface area contributed by atoms with Crippen molar-refractivity contribution in [3.63, 3.8) is 0 Å². The van der Waals surface area contributed by atoms with Gasteiger partial charge in [-0.25, -0.2) is 0 Å². The highest BCUT2D eigenvalue weighted by atomic mass is 19.4. The molecule has 2 N–H and O–H groups in total. The summed E-state index contributed by atoms with van der Waals surface area (Å²) in [5, 5.41) is 12.6. The number of phenolic OH excluding ortho intramolecular Hbond substituents is 1. The number of rotatable bonds is 3. The van der Waals surface area contributed by atoms with Crippen LogP contribution in [0, 0.1) is 0 Å². The molecule has 0 fully saturated rings. The molecule has 88 valence electrons. The minimum atomic E-state index is -1.43. The van der Waals surface area contributed by atoms with E-state index in [1.807, 2.05) is 5.21 Å². The van der Waals surface area contributed by atoms with Crippen molar-refractivity contribution in [1.29, 1.82) is 0 Å². The summed E-state index contributed by atoms with van der Waals surface area (Å²) in [6.07, 6.45) is 0. The minimum absolute atomic E-state index is 0.104. The lowest BCUT2D eigenvalue weighted by Gasteiger charge is -2.09. The van der Waals surface area contributed by atoms with Crippen LogP contribution in [0.1, 0.15) is 12.5 Å². The molecule has 0 atom stereocenters. The lowest BCUT2D eigenvalue weighted by atomic mass is 10.1. The van der Waals surface area contributed by atoms with Crippen molar-refractivity contribution in [1.82, 2.24) is 5.34 Å². The first-order valence-corrected chi connectivity index (χ1v) is 4.48. The van der Waals surface area contributed by atoms with Gasteiger partial charge in [-0.15, -0.1) is 0 Å². The van der Waals surface area contributed by atoms with Gasteiger partial charge < -0.3 is 10.4 Å². The molecule has 4 nitrogen and oxygen atoms in total. The van der Waals surface area contributed by atoms with Crippen LogP contribution >= 0.6 is 0 Å². The molecule has 0 bridgehead atoms. The van der Waals surface area contributed by atoms with Crippen LogP contribution in [-0.2, 0) is 0 Å². The van der Waals surface area contributed by atoms with Gasteiger partial charge >= 0.3 is 0 Å². The molecule has 7 heteroatoms. The zero-order valence-electron chi connectivity index (χ0n) is 8.41. The number of nitrogens with zero attached hydrogens (tertiary/aromatic N) is 2. The van der Waals surface area contributed by atoms with Gasteiger partial charge in [0.2, 0.25) is 5.84 Å². The maximum absolute atomic E-state index is 12.2. The van der Waals surface area contributed by atoms with E-state index >= 15 is 0 Å². The highest BCUT2D eigenvalue weighted by Gasteiger charge is 2.15. The van der Waals surface area contributed by atoms with Crippen molar-refractivity contribution in [3.05, 3.63) is 23.8 Å². The van der Waals surface area contributed by atoms with Gasteiger partial charge in [-0.1, -0.05) is 18.7 Å². The molecule has 1 rings (SSSR count). The Kier molecular flexibility index (Phi) is 3.98. The van der Waals surface area contributed by atoms with Crippen molar-refractivity contribution < 1.29 is 18.6 Å². The van der Waals surface area contributed by atoms with Crippen LogP contribution in [0.15, 0.2) is 23.4 Å². The van der Waals surface area contributed by atoms with E-state index in [4.69, 9.17) is 0 Å². The number of hydrogen-bond acceptors (Lipinski definition) is 3. The number of anilines is 1. The number of halogens is 3. The quantitative estimate of drug-likeness (QED) is 0.365. The lowest BCUT2D eigenvalue weighted by Crippen LogP contribution is -2.14. The molecule has 0 aromatic heterocycles. The third-order valence-corrected chi connectivity index (χ3v) is 1.86. The summed E-state index contributed by atoms with van der Waals surface area (Å²) in [5.74, 6) is -1.22. The first-order valence-electron chi connectivity index (χ1n) is 4.48. The van der Waals surface area contributed by atoms with E-state index in [1.54, 1.807) is 6.92 Å². The van der Waals surface area contributed by atoms with Gasteiger partial charge in [0.15, 0.2) is 0 Å². The Hall–Kier alpha value is -1.92. The molecule has 0 amide bonds. The highest BCUT2D eigenvalue weighted by molar-refractivity contribution is 5.98. The molecule has 1 aromatic rings. The molecule has 0 saturated carbocycles. The predicted octanol–water partition coefficient (Wildman–Crippen LogP) is 2.53. The van der Waals surface area contributed by atoms with Crippen LogP contribution in [-0.4, -0.2) is 22.8 Å². The van der Waals surface area contributed by atoms with Crippen molar-refractivity contribution >= 4 is 11.5 Å². The number of benzene rings is 1. The van der Waals surface area contributed by atoms with E-state index in [0.29, 0.717) is 6.54 Å². The zero-order valence-corrected chi connectivity index (χ0v) is 8.41. The molecule has 0 saturated heterocycles. The molecule has 0 aliphatic rings. The second kappa shape index (κ2) is 5.24. The van der Waals surface area contributed by atoms with E-state index in [-0.39, 0.29) is 17.0 Å². The molecular weight excluding hydrogens is 223 g/mol. The zero-order chi connectivity index (χ0) is 12.1. The number of phenols is 1. The standard InChI is InChI=1S/C9H10F3N3O/c1-2-13-7-5-6(3-4-8(7)16)9(14-10)15(11)12/h3-5,13,16H,2H2,1H3.